The van der Waals surface area contributed by atoms with E-state index in [4.69, 9.17) is 15.2 Å². The monoisotopic (exact) mass is 461 g/mol. The van der Waals surface area contributed by atoms with E-state index in [-0.39, 0.29) is 18.8 Å². The molecule has 0 amide bonds. The molecule has 0 bridgehead atoms. The maximum atomic E-state index is 14.8. The molecular weight excluding hydrogens is 429 g/mol. The molecule has 33 heavy (non-hydrogen) atoms. The second-order valence-corrected chi connectivity index (χ2v) is 10.6. The van der Waals surface area contributed by atoms with Crippen LogP contribution in [0, 0.1) is 16.2 Å². The highest BCUT2D eigenvalue weighted by Crippen LogP contribution is 2.51. The average Bonchev–Trinajstić information content (AvgIpc) is 3.25. The first kappa shape index (κ1) is 24.6. The van der Waals surface area contributed by atoms with E-state index < -0.39 is 47.0 Å². The number of alkyl halides is 1. The lowest BCUT2D eigenvalue weighted by molar-refractivity contribution is -0.170. The number of rotatable bonds is 5. The highest BCUT2D eigenvalue weighted by Gasteiger charge is 2.55. The van der Waals surface area contributed by atoms with Crippen LogP contribution in [0.5, 0.6) is 0 Å². The van der Waals surface area contributed by atoms with E-state index >= 15 is 0 Å². The van der Waals surface area contributed by atoms with Gasteiger partial charge in [0.15, 0.2) is 11.5 Å². The van der Waals surface area contributed by atoms with Crippen molar-refractivity contribution in [2.75, 3.05) is 19.0 Å². The number of ether oxygens (including phenoxy) is 2. The van der Waals surface area contributed by atoms with Crippen molar-refractivity contribution in [1.82, 2.24) is 19.5 Å². The maximum absolute atomic E-state index is 14.8. The molecule has 0 spiro atoms. The Labute approximate surface area is 192 Å². The molecule has 0 saturated heterocycles. The molecule has 2 aromatic heterocycles. The highest BCUT2D eigenvalue weighted by atomic mass is 19.1. The first-order valence-corrected chi connectivity index (χ1v) is 10.8. The van der Waals surface area contributed by atoms with Crippen LogP contribution in [0.1, 0.15) is 54.0 Å². The normalized spacial score (nSPS) is 23.7. The van der Waals surface area contributed by atoms with Gasteiger partial charge in [0.2, 0.25) is 0 Å². The van der Waals surface area contributed by atoms with Crippen LogP contribution in [0.25, 0.3) is 11.2 Å². The summed E-state index contributed by atoms with van der Waals surface area (Å²) in [5.74, 6) is -0.752. The predicted octanol–water partition coefficient (Wildman–Crippen LogP) is 3.41. The number of hydrogen-bond donors (Lipinski definition) is 1. The fourth-order valence-electron chi connectivity index (χ4n) is 3.76. The number of halogens is 1. The van der Waals surface area contributed by atoms with Gasteiger partial charge in [0.1, 0.15) is 31.2 Å². The summed E-state index contributed by atoms with van der Waals surface area (Å²) < 4.78 is 27.9. The van der Waals surface area contributed by atoms with E-state index in [1.54, 1.807) is 46.1 Å². The molecule has 2 aromatic rings. The Hall–Kier alpha value is -3.04. The van der Waals surface area contributed by atoms with Crippen molar-refractivity contribution in [3.63, 3.8) is 0 Å². The van der Waals surface area contributed by atoms with Gasteiger partial charge in [-0.2, -0.15) is 0 Å². The lowest BCUT2D eigenvalue weighted by Crippen LogP contribution is -2.44. The number of nitrogens with zero attached hydrogens (tertiary/aromatic N) is 4. The second kappa shape index (κ2) is 8.39. The Kier molecular flexibility index (Phi) is 6.25. The smallest absolute Gasteiger partial charge is 0.311 e. The summed E-state index contributed by atoms with van der Waals surface area (Å²) in [7, 11) is 0. The van der Waals surface area contributed by atoms with Crippen molar-refractivity contribution in [2.45, 2.75) is 60.1 Å². The van der Waals surface area contributed by atoms with E-state index in [0.29, 0.717) is 16.7 Å². The number of fused-ring (bicyclic) bond motifs is 1. The predicted molar refractivity (Wildman–Crippen MR) is 121 cm³/mol. The van der Waals surface area contributed by atoms with Crippen molar-refractivity contribution >= 4 is 28.9 Å². The standard InChI is InChI=1S/C23H32FN5O4/c1-13-14(29-12-28-16-17(25)26-11-27-18(16)29)8-15(33-20(31)22(5,6)7)23(13,9-24)10-32-19(30)21(2,3)4/h11-12,14-15H,1,8-10H2,2-7H3,(H2,25,26,27)/t14-,15-,23-/m0/s1. The van der Waals surface area contributed by atoms with Gasteiger partial charge in [0.05, 0.1) is 28.6 Å². The molecule has 3 atom stereocenters. The van der Waals surface area contributed by atoms with Gasteiger partial charge in [0.25, 0.3) is 0 Å². The Balaban J connectivity index is 2.03. The molecule has 1 aliphatic rings. The van der Waals surface area contributed by atoms with Crippen LogP contribution in [0.2, 0.25) is 0 Å². The van der Waals surface area contributed by atoms with Crippen molar-refractivity contribution in [1.29, 1.82) is 0 Å². The van der Waals surface area contributed by atoms with Gasteiger partial charge >= 0.3 is 11.9 Å². The lowest BCUT2D eigenvalue weighted by Gasteiger charge is -2.35. The zero-order valence-electron chi connectivity index (χ0n) is 20.0. The second-order valence-electron chi connectivity index (χ2n) is 10.6. The van der Waals surface area contributed by atoms with Gasteiger partial charge in [0, 0.05) is 6.42 Å². The van der Waals surface area contributed by atoms with Crippen LogP contribution in [-0.2, 0) is 19.1 Å². The minimum atomic E-state index is -1.42. The number of nitrogens with two attached hydrogens (primary N) is 1. The molecule has 0 aromatic carbocycles. The zero-order chi connectivity index (χ0) is 24.8. The minimum Gasteiger partial charge on any atom is -0.464 e. The molecule has 10 heteroatoms. The fourth-order valence-corrected chi connectivity index (χ4v) is 3.76. The molecule has 9 nitrogen and oxygen atoms in total. The van der Waals surface area contributed by atoms with Crippen molar-refractivity contribution < 1.29 is 23.5 Å². The molecule has 0 radical (unpaired) electrons. The Bertz CT molecular complexity index is 1080. The van der Waals surface area contributed by atoms with Crippen molar-refractivity contribution in [2.24, 2.45) is 16.2 Å². The molecule has 3 rings (SSSR count). The lowest BCUT2D eigenvalue weighted by atomic mass is 9.82. The summed E-state index contributed by atoms with van der Waals surface area (Å²) in [6, 6.07) is -0.508. The number of esters is 2. The largest absolute Gasteiger partial charge is 0.464 e. The third-order valence-electron chi connectivity index (χ3n) is 5.99. The van der Waals surface area contributed by atoms with E-state index in [1.807, 2.05) is 0 Å². The van der Waals surface area contributed by atoms with Crippen molar-refractivity contribution in [3.8, 4) is 0 Å². The number of carbonyl (C=O) groups is 2. The van der Waals surface area contributed by atoms with E-state index in [1.165, 1.54) is 12.7 Å². The summed E-state index contributed by atoms with van der Waals surface area (Å²) in [4.78, 5) is 37.7. The van der Waals surface area contributed by atoms with Crippen LogP contribution in [0.15, 0.2) is 24.8 Å². The number of hydrogen-bond acceptors (Lipinski definition) is 8. The first-order valence-electron chi connectivity index (χ1n) is 10.8. The van der Waals surface area contributed by atoms with Crippen LogP contribution in [0.3, 0.4) is 0 Å². The Morgan fingerprint density at radius 2 is 1.82 bits per heavy atom. The number of nitrogen functional groups attached to an aromatic ring is 1. The molecule has 0 unspecified atom stereocenters. The molecule has 2 N–H and O–H groups in total. The van der Waals surface area contributed by atoms with Gasteiger partial charge in [-0.1, -0.05) is 6.58 Å². The minimum absolute atomic E-state index is 0.215. The average molecular weight is 462 g/mol. The number of aromatic nitrogens is 4. The number of imidazole rings is 1. The van der Waals surface area contributed by atoms with Gasteiger partial charge < -0.3 is 19.8 Å². The summed E-state index contributed by atoms with van der Waals surface area (Å²) in [5, 5.41) is 0. The molecule has 1 aliphatic carbocycles. The summed E-state index contributed by atoms with van der Waals surface area (Å²) in [6.45, 7) is 13.2. The maximum Gasteiger partial charge on any atom is 0.311 e. The summed E-state index contributed by atoms with van der Waals surface area (Å²) >= 11 is 0. The van der Waals surface area contributed by atoms with E-state index in [9.17, 15) is 14.0 Å². The Morgan fingerprint density at radius 3 is 2.39 bits per heavy atom. The third kappa shape index (κ3) is 4.43. The third-order valence-corrected chi connectivity index (χ3v) is 5.99. The van der Waals surface area contributed by atoms with Gasteiger partial charge in [-0.15, -0.1) is 0 Å². The summed E-state index contributed by atoms with van der Waals surface area (Å²) in [5.41, 5.74) is 4.21. The van der Waals surface area contributed by atoms with Crippen LogP contribution >= 0.6 is 0 Å². The molecule has 1 saturated carbocycles. The number of carbonyl (C=O) groups excluding carboxylic acids is 2. The molecule has 180 valence electrons. The Morgan fingerprint density at radius 1 is 1.18 bits per heavy atom. The molecule has 2 heterocycles. The van der Waals surface area contributed by atoms with Gasteiger partial charge in [-0.3, -0.25) is 9.59 Å². The fraction of sp³-hybridized carbons (Fsp3) is 0.609. The zero-order valence-corrected chi connectivity index (χ0v) is 20.0. The van der Waals surface area contributed by atoms with Gasteiger partial charge in [-0.05, 0) is 47.1 Å². The van der Waals surface area contributed by atoms with E-state index in [2.05, 4.69) is 21.5 Å². The molecular formula is C23H32FN5O4. The highest BCUT2D eigenvalue weighted by molar-refractivity contribution is 5.81. The van der Waals surface area contributed by atoms with Gasteiger partial charge in [-0.25, -0.2) is 19.3 Å². The van der Waals surface area contributed by atoms with Crippen LogP contribution < -0.4 is 5.73 Å². The first-order chi connectivity index (χ1) is 15.2. The number of anilines is 1. The summed E-state index contributed by atoms with van der Waals surface area (Å²) in [6.07, 6.45) is 2.16. The molecule has 1 fully saturated rings. The molecule has 0 aliphatic heterocycles. The van der Waals surface area contributed by atoms with Crippen LogP contribution in [-0.4, -0.2) is 50.8 Å². The van der Waals surface area contributed by atoms with Crippen LogP contribution in [0.4, 0.5) is 10.2 Å². The topological polar surface area (TPSA) is 122 Å². The quantitative estimate of drug-likeness (QED) is 0.531. The van der Waals surface area contributed by atoms with Crippen molar-refractivity contribution in [3.05, 3.63) is 24.8 Å². The van der Waals surface area contributed by atoms with E-state index in [0.717, 1.165) is 0 Å². The SMILES string of the molecule is C=C1[C@@H](n2cnc3c(N)ncnc32)C[C@H](OC(=O)C(C)(C)C)[C@@]1(CF)COC(=O)C(C)(C)C.